The molecule has 0 bridgehead atoms. The molecule has 2 aliphatic heterocycles. The van der Waals surface area contributed by atoms with Crippen LogP contribution in [0.5, 0.6) is 11.5 Å². The number of ether oxygens (including phenoxy) is 3. The predicted octanol–water partition coefficient (Wildman–Crippen LogP) is 1.51. The van der Waals surface area contributed by atoms with Gasteiger partial charge in [0.2, 0.25) is 0 Å². The SMILES string of the molecule is CCOC(=O)C1=C(CN2CCCNCC2)N(C)C(=O)NC1c1cc(OC)ccc1OC. The van der Waals surface area contributed by atoms with E-state index in [1.165, 1.54) is 4.90 Å². The number of benzene rings is 1. The van der Waals surface area contributed by atoms with E-state index >= 15 is 0 Å². The molecule has 31 heavy (non-hydrogen) atoms. The Morgan fingerprint density at radius 2 is 2.00 bits per heavy atom. The Balaban J connectivity index is 2.11. The molecule has 170 valence electrons. The molecular weight excluding hydrogens is 400 g/mol. The number of esters is 1. The summed E-state index contributed by atoms with van der Waals surface area (Å²) < 4.78 is 16.3. The van der Waals surface area contributed by atoms with E-state index in [4.69, 9.17) is 14.2 Å². The Bertz CT molecular complexity index is 833. The van der Waals surface area contributed by atoms with Gasteiger partial charge < -0.3 is 24.8 Å². The van der Waals surface area contributed by atoms with Crippen molar-refractivity contribution in [2.24, 2.45) is 0 Å². The first kappa shape index (κ1) is 22.9. The van der Waals surface area contributed by atoms with Crippen LogP contribution >= 0.6 is 0 Å². The minimum Gasteiger partial charge on any atom is -0.497 e. The van der Waals surface area contributed by atoms with Gasteiger partial charge in [-0.25, -0.2) is 9.59 Å². The van der Waals surface area contributed by atoms with Crippen molar-refractivity contribution >= 4 is 12.0 Å². The van der Waals surface area contributed by atoms with Crippen molar-refractivity contribution in [1.82, 2.24) is 20.4 Å². The van der Waals surface area contributed by atoms with Crippen LogP contribution in [-0.2, 0) is 9.53 Å². The molecule has 0 radical (unpaired) electrons. The topological polar surface area (TPSA) is 92.4 Å². The molecule has 0 spiro atoms. The highest BCUT2D eigenvalue weighted by Crippen LogP contribution is 2.37. The molecule has 2 aliphatic rings. The number of likely N-dealkylation sites (N-methyl/N-ethyl adjacent to an activating group) is 1. The molecule has 0 saturated carbocycles. The summed E-state index contributed by atoms with van der Waals surface area (Å²) in [7, 11) is 4.81. The maximum Gasteiger partial charge on any atom is 0.338 e. The van der Waals surface area contributed by atoms with Crippen LogP contribution in [0.1, 0.15) is 24.9 Å². The molecule has 2 heterocycles. The Morgan fingerprint density at radius 1 is 1.19 bits per heavy atom. The van der Waals surface area contributed by atoms with Gasteiger partial charge in [0.25, 0.3) is 0 Å². The fourth-order valence-electron chi connectivity index (χ4n) is 3.97. The Labute approximate surface area is 183 Å². The van der Waals surface area contributed by atoms with E-state index < -0.39 is 12.0 Å². The van der Waals surface area contributed by atoms with Crippen LogP contribution in [0.3, 0.4) is 0 Å². The fourth-order valence-corrected chi connectivity index (χ4v) is 3.97. The number of hydrogen-bond acceptors (Lipinski definition) is 7. The number of methoxy groups -OCH3 is 2. The third kappa shape index (κ3) is 5.11. The van der Waals surface area contributed by atoms with Crippen LogP contribution in [0.15, 0.2) is 29.5 Å². The first-order valence-corrected chi connectivity index (χ1v) is 10.6. The van der Waals surface area contributed by atoms with Crippen LogP contribution in [0, 0.1) is 0 Å². The predicted molar refractivity (Wildman–Crippen MR) is 116 cm³/mol. The number of nitrogens with one attached hydrogen (secondary N) is 2. The van der Waals surface area contributed by atoms with Gasteiger partial charge in [-0.15, -0.1) is 0 Å². The molecule has 2 N–H and O–H groups in total. The molecule has 2 amide bonds. The zero-order valence-corrected chi connectivity index (χ0v) is 18.7. The van der Waals surface area contributed by atoms with Crippen molar-refractivity contribution in [2.45, 2.75) is 19.4 Å². The highest BCUT2D eigenvalue weighted by Gasteiger charge is 2.38. The van der Waals surface area contributed by atoms with Gasteiger partial charge in [0.05, 0.1) is 32.4 Å². The standard InChI is InChI=1S/C22H32N4O5/c1-5-31-21(27)19-17(14-26-11-6-9-23-10-12-26)25(2)22(28)24-20(19)16-13-15(29-3)7-8-18(16)30-4/h7-8,13,20,23H,5-6,9-12,14H2,1-4H3,(H,24,28). The van der Waals surface area contributed by atoms with Gasteiger partial charge in [-0.2, -0.15) is 0 Å². The lowest BCUT2D eigenvalue weighted by Crippen LogP contribution is -2.49. The number of amides is 2. The van der Waals surface area contributed by atoms with E-state index in [0.29, 0.717) is 34.9 Å². The quantitative estimate of drug-likeness (QED) is 0.631. The van der Waals surface area contributed by atoms with Gasteiger partial charge in [0, 0.05) is 37.9 Å². The molecule has 1 aromatic rings. The molecule has 1 unspecified atom stereocenters. The molecule has 9 nitrogen and oxygen atoms in total. The normalized spacial score (nSPS) is 20.2. The molecule has 1 aromatic carbocycles. The average molecular weight is 433 g/mol. The highest BCUT2D eigenvalue weighted by molar-refractivity contribution is 5.95. The van der Waals surface area contributed by atoms with Gasteiger partial charge in [-0.1, -0.05) is 0 Å². The molecule has 0 aliphatic carbocycles. The fraction of sp³-hybridized carbons (Fsp3) is 0.545. The lowest BCUT2D eigenvalue weighted by atomic mass is 9.93. The molecule has 0 aromatic heterocycles. The van der Waals surface area contributed by atoms with E-state index in [0.717, 1.165) is 32.6 Å². The molecule has 1 fully saturated rings. The van der Waals surface area contributed by atoms with Gasteiger partial charge >= 0.3 is 12.0 Å². The second-order valence-electron chi connectivity index (χ2n) is 7.51. The molecule has 1 saturated heterocycles. The summed E-state index contributed by atoms with van der Waals surface area (Å²) in [5, 5.41) is 6.32. The first-order valence-electron chi connectivity index (χ1n) is 10.6. The monoisotopic (exact) mass is 432 g/mol. The zero-order chi connectivity index (χ0) is 22.4. The summed E-state index contributed by atoms with van der Waals surface area (Å²) in [5.74, 6) is 0.704. The van der Waals surface area contributed by atoms with E-state index in [9.17, 15) is 9.59 Å². The van der Waals surface area contributed by atoms with Crippen molar-refractivity contribution < 1.29 is 23.8 Å². The third-order valence-corrected chi connectivity index (χ3v) is 5.63. The number of hydrogen-bond donors (Lipinski definition) is 2. The van der Waals surface area contributed by atoms with E-state index in [2.05, 4.69) is 15.5 Å². The smallest absolute Gasteiger partial charge is 0.338 e. The van der Waals surface area contributed by atoms with Gasteiger partial charge in [0.15, 0.2) is 0 Å². The molecule has 3 rings (SSSR count). The number of carbonyl (C=O) groups is 2. The van der Waals surface area contributed by atoms with Gasteiger partial charge in [0.1, 0.15) is 11.5 Å². The lowest BCUT2D eigenvalue weighted by Gasteiger charge is -2.37. The third-order valence-electron chi connectivity index (χ3n) is 5.63. The van der Waals surface area contributed by atoms with Crippen molar-refractivity contribution in [2.75, 3.05) is 60.6 Å². The van der Waals surface area contributed by atoms with Crippen molar-refractivity contribution in [3.8, 4) is 11.5 Å². The average Bonchev–Trinajstić information content (AvgIpc) is 3.05. The van der Waals surface area contributed by atoms with Crippen molar-refractivity contribution in [1.29, 1.82) is 0 Å². The largest absolute Gasteiger partial charge is 0.497 e. The molecule has 9 heteroatoms. The highest BCUT2D eigenvalue weighted by atomic mass is 16.5. The first-order chi connectivity index (χ1) is 15.0. The maximum atomic E-state index is 13.1. The Kier molecular flexibility index (Phi) is 7.75. The van der Waals surface area contributed by atoms with Gasteiger partial charge in [-0.3, -0.25) is 9.80 Å². The number of carbonyl (C=O) groups excluding carboxylic acids is 2. The van der Waals surface area contributed by atoms with E-state index in [1.807, 2.05) is 0 Å². The summed E-state index contributed by atoms with van der Waals surface area (Å²) in [6.45, 7) is 6.03. The summed E-state index contributed by atoms with van der Waals surface area (Å²) in [5.41, 5.74) is 1.69. The van der Waals surface area contributed by atoms with Crippen molar-refractivity contribution in [3.05, 3.63) is 35.0 Å². The van der Waals surface area contributed by atoms with Crippen LogP contribution in [-0.4, -0.2) is 82.4 Å². The number of nitrogens with zero attached hydrogens (tertiary/aromatic N) is 2. The lowest BCUT2D eigenvalue weighted by molar-refractivity contribution is -0.139. The minimum absolute atomic E-state index is 0.239. The zero-order valence-electron chi connectivity index (χ0n) is 18.7. The number of urea groups is 1. The van der Waals surface area contributed by atoms with Crippen LogP contribution in [0.25, 0.3) is 0 Å². The van der Waals surface area contributed by atoms with Crippen LogP contribution in [0.2, 0.25) is 0 Å². The Hall–Kier alpha value is -2.78. The number of rotatable bonds is 7. The van der Waals surface area contributed by atoms with Crippen molar-refractivity contribution in [3.63, 3.8) is 0 Å². The summed E-state index contributed by atoms with van der Waals surface area (Å²) in [6.07, 6.45) is 1.01. The van der Waals surface area contributed by atoms with Crippen LogP contribution < -0.4 is 20.1 Å². The maximum absolute atomic E-state index is 13.1. The molecular formula is C22H32N4O5. The van der Waals surface area contributed by atoms with Crippen LogP contribution in [0.4, 0.5) is 4.79 Å². The van der Waals surface area contributed by atoms with Gasteiger partial charge in [-0.05, 0) is 44.6 Å². The van der Waals surface area contributed by atoms with E-state index in [1.54, 1.807) is 46.4 Å². The summed E-state index contributed by atoms with van der Waals surface area (Å²) >= 11 is 0. The molecule has 1 atom stereocenters. The summed E-state index contributed by atoms with van der Waals surface area (Å²) in [6, 6.07) is 4.32. The summed E-state index contributed by atoms with van der Waals surface area (Å²) in [4.78, 5) is 29.8. The second kappa shape index (κ2) is 10.5. The second-order valence-corrected chi connectivity index (χ2v) is 7.51. The Morgan fingerprint density at radius 3 is 2.71 bits per heavy atom. The van der Waals surface area contributed by atoms with E-state index in [-0.39, 0.29) is 12.6 Å². The minimum atomic E-state index is -0.715.